The number of rotatable bonds is 7. The van der Waals surface area contributed by atoms with E-state index in [1.165, 1.54) is 0 Å². The molecule has 9 nitrogen and oxygen atoms in total. The molecule has 0 saturated heterocycles. The molecule has 112 valence electrons. The molecule has 0 rings (SSSR count). The molecule has 0 saturated carbocycles. The Bertz CT molecular complexity index is 298. The maximum atomic E-state index is 10.2. The summed E-state index contributed by atoms with van der Waals surface area (Å²) in [6.45, 7) is 1.94. The summed E-state index contributed by atoms with van der Waals surface area (Å²) in [4.78, 5) is 30.2. The Hall–Kier alpha value is -1.87. The number of nitrogens with one attached hydrogen (secondary N) is 2. The van der Waals surface area contributed by atoms with E-state index in [0.717, 1.165) is 0 Å². The van der Waals surface area contributed by atoms with E-state index in [-0.39, 0.29) is 0 Å². The third-order valence-electron chi connectivity index (χ3n) is 2.11. The van der Waals surface area contributed by atoms with Gasteiger partial charge in [-0.15, -0.1) is 0 Å². The number of hydrogen-bond acceptors (Lipinski definition) is 5. The molecule has 8 N–H and O–H groups in total. The molecule has 0 aliphatic carbocycles. The Morgan fingerprint density at radius 3 is 2.00 bits per heavy atom. The molecule has 0 aromatic heterocycles. The fraction of sp³-hybridized carbons (Fsp3) is 0.700. The van der Waals surface area contributed by atoms with Crippen LogP contribution in [0.3, 0.4) is 0 Å². The number of nitrogens with two attached hydrogens (primary N) is 2. The molecule has 0 radical (unpaired) electrons. The van der Waals surface area contributed by atoms with Crippen LogP contribution in [0.4, 0.5) is 4.79 Å². The number of carbonyl (C=O) groups is 3. The second-order valence-electron chi connectivity index (χ2n) is 3.73. The zero-order chi connectivity index (χ0) is 15.4. The van der Waals surface area contributed by atoms with Gasteiger partial charge in [0, 0.05) is 6.54 Å². The summed E-state index contributed by atoms with van der Waals surface area (Å²) in [5.74, 6) is -1.85. The van der Waals surface area contributed by atoms with Gasteiger partial charge in [0.15, 0.2) is 0 Å². The van der Waals surface area contributed by atoms with E-state index in [1.807, 2.05) is 0 Å². The average molecular weight is 278 g/mol. The lowest BCUT2D eigenvalue weighted by Gasteiger charge is -2.05. The van der Waals surface area contributed by atoms with Crippen molar-refractivity contribution in [2.45, 2.75) is 31.8 Å². The molecule has 0 bridgehead atoms. The second kappa shape index (κ2) is 11.2. The maximum absolute atomic E-state index is 10.2. The zero-order valence-corrected chi connectivity index (χ0v) is 11.0. The van der Waals surface area contributed by atoms with Gasteiger partial charge in [0.2, 0.25) is 0 Å². The molecule has 0 spiro atoms. The second-order valence-corrected chi connectivity index (χ2v) is 3.73. The van der Waals surface area contributed by atoms with Crippen LogP contribution in [0.2, 0.25) is 0 Å². The van der Waals surface area contributed by atoms with E-state index in [0.29, 0.717) is 19.4 Å². The minimum atomic E-state index is -1.03. The number of urea groups is 1. The first-order chi connectivity index (χ1) is 8.72. The van der Waals surface area contributed by atoms with Gasteiger partial charge in [-0.1, -0.05) is 0 Å². The first-order valence-corrected chi connectivity index (χ1v) is 5.64. The van der Waals surface area contributed by atoms with E-state index in [9.17, 15) is 14.4 Å². The van der Waals surface area contributed by atoms with Gasteiger partial charge >= 0.3 is 18.0 Å². The largest absolute Gasteiger partial charge is 0.480 e. The number of aliphatic carboxylic acids is 2. The summed E-state index contributed by atoms with van der Waals surface area (Å²) in [6, 6.07) is -1.90. The Morgan fingerprint density at radius 2 is 1.74 bits per heavy atom. The third-order valence-corrected chi connectivity index (χ3v) is 2.11. The van der Waals surface area contributed by atoms with Crippen LogP contribution in [0.25, 0.3) is 0 Å². The SMILES string of the molecule is CNC(C)C(=O)O.NC(=O)NCCCC(N)C(=O)O. The van der Waals surface area contributed by atoms with Gasteiger partial charge in [-0.05, 0) is 26.8 Å². The van der Waals surface area contributed by atoms with Crippen molar-refractivity contribution < 1.29 is 24.6 Å². The van der Waals surface area contributed by atoms with E-state index >= 15 is 0 Å². The molecule has 2 atom stereocenters. The van der Waals surface area contributed by atoms with Crippen LogP contribution in [-0.2, 0) is 9.59 Å². The van der Waals surface area contributed by atoms with Crippen LogP contribution < -0.4 is 22.1 Å². The molecule has 2 amide bonds. The van der Waals surface area contributed by atoms with Crippen molar-refractivity contribution in [3.63, 3.8) is 0 Å². The first kappa shape index (κ1) is 19.5. The number of carboxylic acid groups (broad SMARTS) is 2. The number of carbonyl (C=O) groups excluding carboxylic acids is 1. The van der Waals surface area contributed by atoms with Crippen molar-refractivity contribution in [2.24, 2.45) is 11.5 Å². The van der Waals surface area contributed by atoms with E-state index in [4.69, 9.17) is 21.7 Å². The van der Waals surface area contributed by atoms with Crippen molar-refractivity contribution in [1.29, 1.82) is 0 Å². The number of hydrogen-bond donors (Lipinski definition) is 6. The van der Waals surface area contributed by atoms with Crippen LogP contribution in [0.1, 0.15) is 19.8 Å². The lowest BCUT2D eigenvalue weighted by atomic mass is 10.2. The van der Waals surface area contributed by atoms with Crippen molar-refractivity contribution in [2.75, 3.05) is 13.6 Å². The predicted octanol–water partition coefficient (Wildman–Crippen LogP) is -1.47. The van der Waals surface area contributed by atoms with Crippen molar-refractivity contribution in [3.8, 4) is 0 Å². The highest BCUT2D eigenvalue weighted by Gasteiger charge is 2.09. The topological polar surface area (TPSA) is 168 Å². The van der Waals surface area contributed by atoms with Gasteiger partial charge < -0.3 is 32.3 Å². The van der Waals surface area contributed by atoms with E-state index in [1.54, 1.807) is 14.0 Å². The zero-order valence-electron chi connectivity index (χ0n) is 11.0. The van der Waals surface area contributed by atoms with Gasteiger partial charge in [-0.25, -0.2) is 4.79 Å². The van der Waals surface area contributed by atoms with Gasteiger partial charge in [-0.3, -0.25) is 9.59 Å². The molecule has 19 heavy (non-hydrogen) atoms. The van der Waals surface area contributed by atoms with Gasteiger partial charge in [0.25, 0.3) is 0 Å². The lowest BCUT2D eigenvalue weighted by Crippen LogP contribution is -2.33. The molecular formula is C10H22N4O5. The van der Waals surface area contributed by atoms with Crippen LogP contribution in [0.15, 0.2) is 0 Å². The molecule has 0 heterocycles. The summed E-state index contributed by atoms with van der Waals surface area (Å²) in [6.07, 6.45) is 0.839. The minimum absolute atomic E-state index is 0.329. The number of carboxylic acids is 2. The quantitative estimate of drug-likeness (QED) is 0.309. The highest BCUT2D eigenvalue weighted by atomic mass is 16.4. The highest BCUT2D eigenvalue weighted by Crippen LogP contribution is 1.92. The summed E-state index contributed by atoms with van der Waals surface area (Å²) in [5.41, 5.74) is 9.96. The van der Waals surface area contributed by atoms with Gasteiger partial charge in [-0.2, -0.15) is 0 Å². The summed E-state index contributed by atoms with van der Waals surface area (Å²) >= 11 is 0. The molecule has 0 aromatic rings. The summed E-state index contributed by atoms with van der Waals surface area (Å²) in [5, 5.41) is 21.4. The van der Waals surface area contributed by atoms with E-state index < -0.39 is 30.1 Å². The minimum Gasteiger partial charge on any atom is -0.480 e. The predicted molar refractivity (Wildman–Crippen MR) is 68.6 cm³/mol. The van der Waals surface area contributed by atoms with Crippen LogP contribution in [0.5, 0.6) is 0 Å². The fourth-order valence-corrected chi connectivity index (χ4v) is 0.781. The van der Waals surface area contributed by atoms with E-state index in [2.05, 4.69) is 10.6 Å². The molecule has 2 unspecified atom stereocenters. The lowest BCUT2D eigenvalue weighted by molar-refractivity contribution is -0.139. The van der Waals surface area contributed by atoms with Crippen LogP contribution >= 0.6 is 0 Å². The highest BCUT2D eigenvalue weighted by molar-refractivity contribution is 5.73. The number of amides is 2. The summed E-state index contributed by atoms with van der Waals surface area (Å²) < 4.78 is 0. The monoisotopic (exact) mass is 278 g/mol. The average Bonchev–Trinajstić information content (AvgIpc) is 2.33. The molecule has 0 aromatic carbocycles. The Kier molecular flexibility index (Phi) is 11.5. The molecule has 0 aliphatic heterocycles. The van der Waals surface area contributed by atoms with Crippen LogP contribution in [0, 0.1) is 0 Å². The van der Waals surface area contributed by atoms with Gasteiger partial charge in [0.1, 0.15) is 12.1 Å². The molecule has 0 fully saturated rings. The normalized spacial score (nSPS) is 12.6. The standard InChI is InChI=1S/C6H13N3O3.C4H9NO2/c7-4(5(10)11)2-1-3-9-6(8)12;1-3(5-2)4(6)7/h4H,1-3,7H2,(H,10,11)(H3,8,9,12);3,5H,1-2H3,(H,6,7). The summed E-state index contributed by atoms with van der Waals surface area (Å²) in [7, 11) is 1.61. The Labute approximate surface area is 111 Å². The Balaban J connectivity index is 0. The Morgan fingerprint density at radius 1 is 1.21 bits per heavy atom. The van der Waals surface area contributed by atoms with Crippen LogP contribution in [-0.4, -0.2) is 53.9 Å². The number of primary amides is 1. The number of likely N-dealkylation sites (N-methyl/N-ethyl adjacent to an activating group) is 1. The maximum Gasteiger partial charge on any atom is 0.320 e. The first-order valence-electron chi connectivity index (χ1n) is 5.64. The fourth-order valence-electron chi connectivity index (χ4n) is 0.781. The third kappa shape index (κ3) is 14.1. The smallest absolute Gasteiger partial charge is 0.320 e. The van der Waals surface area contributed by atoms with Crippen molar-refractivity contribution in [1.82, 2.24) is 10.6 Å². The molecule has 9 heteroatoms. The molecular weight excluding hydrogens is 256 g/mol. The van der Waals surface area contributed by atoms with Crippen molar-refractivity contribution in [3.05, 3.63) is 0 Å². The molecule has 0 aliphatic rings. The van der Waals surface area contributed by atoms with Crippen molar-refractivity contribution >= 4 is 18.0 Å². The van der Waals surface area contributed by atoms with Gasteiger partial charge in [0.05, 0.1) is 0 Å².